The van der Waals surface area contributed by atoms with Crippen LogP contribution in [0.3, 0.4) is 0 Å². The Morgan fingerprint density at radius 3 is 2.82 bits per heavy atom. The summed E-state index contributed by atoms with van der Waals surface area (Å²) in [6, 6.07) is 3.95. The van der Waals surface area contributed by atoms with Crippen LogP contribution in [0.2, 0.25) is 0 Å². The molecule has 0 unspecified atom stereocenters. The fourth-order valence-electron chi connectivity index (χ4n) is 2.76. The minimum atomic E-state index is -0.0204. The van der Waals surface area contributed by atoms with Gasteiger partial charge in [-0.25, -0.2) is 4.98 Å². The van der Waals surface area contributed by atoms with Crippen molar-refractivity contribution in [2.24, 2.45) is 0 Å². The molecule has 116 valence electrons. The number of hydrogen-bond acceptors (Lipinski definition) is 4. The zero-order valence-electron chi connectivity index (χ0n) is 13.4. The van der Waals surface area contributed by atoms with Crippen LogP contribution in [0.1, 0.15) is 35.9 Å². The normalized spacial score (nSPS) is 14.4. The molecular formula is C16H21N5O. The summed E-state index contributed by atoms with van der Waals surface area (Å²) in [5.41, 5.74) is 2.53. The van der Waals surface area contributed by atoms with Gasteiger partial charge in [0.1, 0.15) is 5.69 Å². The minimum Gasteiger partial charge on any atom is -0.356 e. The molecule has 0 saturated carbocycles. The van der Waals surface area contributed by atoms with Crippen molar-refractivity contribution in [3.05, 3.63) is 35.8 Å². The molecule has 3 rings (SSSR count). The van der Waals surface area contributed by atoms with Crippen LogP contribution < -0.4 is 9.80 Å². The maximum Gasteiger partial charge on any atom is 0.276 e. The van der Waals surface area contributed by atoms with Crippen molar-refractivity contribution in [1.82, 2.24) is 14.8 Å². The van der Waals surface area contributed by atoms with E-state index in [9.17, 15) is 4.79 Å². The fourth-order valence-corrected chi connectivity index (χ4v) is 2.76. The van der Waals surface area contributed by atoms with Gasteiger partial charge in [-0.3, -0.25) is 9.48 Å². The molecule has 0 aliphatic carbocycles. The topological polar surface area (TPSA) is 54.3 Å². The van der Waals surface area contributed by atoms with Gasteiger partial charge < -0.3 is 9.80 Å². The van der Waals surface area contributed by atoms with Crippen molar-refractivity contribution in [3.63, 3.8) is 0 Å². The van der Waals surface area contributed by atoms with Crippen LogP contribution in [0, 0.1) is 6.92 Å². The number of carbonyl (C=O) groups excluding carboxylic acids is 1. The van der Waals surface area contributed by atoms with Crippen molar-refractivity contribution in [2.75, 3.05) is 29.9 Å². The van der Waals surface area contributed by atoms with Crippen LogP contribution in [-0.4, -0.2) is 40.8 Å². The first-order valence-electron chi connectivity index (χ1n) is 7.52. The summed E-state index contributed by atoms with van der Waals surface area (Å²) in [6.45, 7) is 7.45. The molecule has 6 heteroatoms. The van der Waals surface area contributed by atoms with Crippen LogP contribution in [0.4, 0.5) is 11.5 Å². The number of anilines is 2. The molecule has 0 bridgehead atoms. The molecule has 0 aromatic carbocycles. The lowest BCUT2D eigenvalue weighted by molar-refractivity contribution is 0.0974. The lowest BCUT2D eigenvalue weighted by Gasteiger charge is -2.34. The largest absolute Gasteiger partial charge is 0.356 e. The molecule has 0 fully saturated rings. The smallest absolute Gasteiger partial charge is 0.276 e. The first kappa shape index (κ1) is 14.6. The number of hydrogen-bond donors (Lipinski definition) is 0. The highest BCUT2D eigenvalue weighted by Gasteiger charge is 2.29. The van der Waals surface area contributed by atoms with E-state index < -0.39 is 0 Å². The van der Waals surface area contributed by atoms with E-state index in [1.54, 1.807) is 16.9 Å². The predicted molar refractivity (Wildman–Crippen MR) is 86.5 cm³/mol. The molecule has 2 aromatic rings. The number of carbonyl (C=O) groups is 1. The minimum absolute atomic E-state index is 0.0204. The summed E-state index contributed by atoms with van der Waals surface area (Å²) in [5.74, 6) is 0.828. The Bertz CT molecular complexity index is 706. The summed E-state index contributed by atoms with van der Waals surface area (Å²) in [6.07, 6.45) is 3.51. The lowest BCUT2D eigenvalue weighted by atomic mass is 10.2. The van der Waals surface area contributed by atoms with Crippen LogP contribution >= 0.6 is 0 Å². The maximum atomic E-state index is 13.0. The number of fused-ring (bicyclic) bond motifs is 1. The van der Waals surface area contributed by atoms with Crippen LogP contribution in [0.15, 0.2) is 24.5 Å². The van der Waals surface area contributed by atoms with E-state index in [1.165, 1.54) is 0 Å². The van der Waals surface area contributed by atoms with E-state index in [4.69, 9.17) is 0 Å². The second-order valence-electron chi connectivity index (χ2n) is 5.99. The molecule has 3 heterocycles. The van der Waals surface area contributed by atoms with Gasteiger partial charge in [-0.1, -0.05) is 0 Å². The highest BCUT2D eigenvalue weighted by atomic mass is 16.2. The van der Waals surface area contributed by atoms with Gasteiger partial charge in [0.2, 0.25) is 0 Å². The number of aromatic nitrogens is 3. The number of rotatable bonds is 2. The van der Waals surface area contributed by atoms with Gasteiger partial charge in [0.05, 0.1) is 5.69 Å². The Hall–Kier alpha value is -2.37. The quantitative estimate of drug-likeness (QED) is 0.853. The number of pyridine rings is 1. The van der Waals surface area contributed by atoms with E-state index in [0.717, 1.165) is 23.6 Å². The van der Waals surface area contributed by atoms with Crippen molar-refractivity contribution in [3.8, 4) is 0 Å². The third kappa shape index (κ3) is 2.34. The van der Waals surface area contributed by atoms with E-state index in [2.05, 4.69) is 15.0 Å². The summed E-state index contributed by atoms with van der Waals surface area (Å²) in [7, 11) is 2.00. The molecule has 0 spiro atoms. The molecule has 1 aliphatic heterocycles. The first-order chi connectivity index (χ1) is 10.5. The van der Waals surface area contributed by atoms with E-state index >= 15 is 0 Å². The number of likely N-dealkylation sites (N-methyl/N-ethyl adjacent to an activating group) is 1. The summed E-state index contributed by atoms with van der Waals surface area (Å²) < 4.78 is 1.77. The Balaban J connectivity index is 2.03. The highest BCUT2D eigenvalue weighted by Crippen LogP contribution is 2.32. The van der Waals surface area contributed by atoms with Gasteiger partial charge in [0.25, 0.3) is 5.91 Å². The second-order valence-corrected chi connectivity index (χ2v) is 5.99. The zero-order chi connectivity index (χ0) is 15.9. The molecule has 1 amide bonds. The third-order valence-corrected chi connectivity index (χ3v) is 3.92. The van der Waals surface area contributed by atoms with Crippen molar-refractivity contribution >= 4 is 17.4 Å². The Labute approximate surface area is 130 Å². The van der Waals surface area contributed by atoms with Gasteiger partial charge in [0, 0.05) is 38.6 Å². The lowest BCUT2D eigenvalue weighted by Crippen LogP contribution is -2.44. The summed E-state index contributed by atoms with van der Waals surface area (Å²) in [4.78, 5) is 21.4. The van der Waals surface area contributed by atoms with Crippen LogP contribution in [0.25, 0.3) is 0 Å². The van der Waals surface area contributed by atoms with Crippen LogP contribution in [-0.2, 0) is 0 Å². The standard InChI is InChI=1S/C16H21N5O/c1-11(2)21-13(5-6-18-21)16(22)20-8-7-19(4)15-14(20)9-12(3)10-17-15/h5-6,9-11H,7-8H2,1-4H3. The molecular weight excluding hydrogens is 278 g/mol. The number of nitrogens with zero attached hydrogens (tertiary/aromatic N) is 5. The van der Waals surface area contributed by atoms with Gasteiger partial charge in [-0.15, -0.1) is 0 Å². The average Bonchev–Trinajstić information content (AvgIpc) is 2.96. The van der Waals surface area contributed by atoms with Gasteiger partial charge in [0.15, 0.2) is 5.82 Å². The Morgan fingerprint density at radius 1 is 1.32 bits per heavy atom. The fraction of sp³-hybridized carbons (Fsp3) is 0.438. The average molecular weight is 299 g/mol. The zero-order valence-corrected chi connectivity index (χ0v) is 13.4. The van der Waals surface area contributed by atoms with Crippen LogP contribution in [0.5, 0.6) is 0 Å². The number of amides is 1. The molecule has 0 saturated heterocycles. The molecule has 2 aromatic heterocycles. The van der Waals surface area contributed by atoms with E-state index in [0.29, 0.717) is 12.2 Å². The van der Waals surface area contributed by atoms with E-state index in [-0.39, 0.29) is 11.9 Å². The summed E-state index contributed by atoms with van der Waals surface area (Å²) >= 11 is 0. The third-order valence-electron chi connectivity index (χ3n) is 3.92. The summed E-state index contributed by atoms with van der Waals surface area (Å²) in [5, 5.41) is 4.26. The van der Waals surface area contributed by atoms with Gasteiger partial charge in [-0.2, -0.15) is 5.10 Å². The highest BCUT2D eigenvalue weighted by molar-refractivity contribution is 6.07. The molecule has 1 aliphatic rings. The molecule has 0 atom stereocenters. The predicted octanol–water partition coefficient (Wildman–Crippen LogP) is 2.26. The first-order valence-corrected chi connectivity index (χ1v) is 7.52. The van der Waals surface area contributed by atoms with Crippen molar-refractivity contribution in [1.29, 1.82) is 0 Å². The molecule has 6 nitrogen and oxygen atoms in total. The molecule has 0 radical (unpaired) electrons. The second kappa shape index (κ2) is 5.44. The van der Waals surface area contributed by atoms with Crippen molar-refractivity contribution < 1.29 is 4.79 Å². The van der Waals surface area contributed by atoms with Crippen molar-refractivity contribution in [2.45, 2.75) is 26.8 Å². The Kier molecular flexibility index (Phi) is 3.60. The molecule has 22 heavy (non-hydrogen) atoms. The van der Waals surface area contributed by atoms with Gasteiger partial charge in [-0.05, 0) is 38.5 Å². The SMILES string of the molecule is Cc1cnc2c(c1)N(C(=O)c1ccnn1C(C)C)CCN2C. The molecule has 0 N–H and O–H groups in total. The van der Waals surface area contributed by atoms with Gasteiger partial charge >= 0.3 is 0 Å². The monoisotopic (exact) mass is 299 g/mol. The van der Waals surface area contributed by atoms with E-state index in [1.807, 2.05) is 45.0 Å². The Morgan fingerprint density at radius 2 is 2.09 bits per heavy atom. The maximum absolute atomic E-state index is 13.0. The number of aryl methyl sites for hydroxylation is 1.